The lowest BCUT2D eigenvalue weighted by atomic mass is 10.1. The van der Waals surface area contributed by atoms with Crippen LogP contribution in [-0.4, -0.2) is 34.1 Å². The Bertz CT molecular complexity index is 335. The lowest BCUT2D eigenvalue weighted by Crippen LogP contribution is -2.43. The maximum Gasteiger partial charge on any atom is 0.323 e. The molecule has 6 nitrogen and oxygen atoms in total. The summed E-state index contributed by atoms with van der Waals surface area (Å²) < 4.78 is 5.17. The molecule has 1 heterocycles. The maximum absolute atomic E-state index is 11.6. The third kappa shape index (κ3) is 3.63. The van der Waals surface area contributed by atoms with Crippen molar-refractivity contribution >= 4 is 5.97 Å². The van der Waals surface area contributed by atoms with Crippen LogP contribution in [0.5, 0.6) is 0 Å². The molecule has 0 aliphatic carbocycles. The van der Waals surface area contributed by atoms with Gasteiger partial charge in [-0.3, -0.25) is 4.79 Å². The van der Waals surface area contributed by atoms with E-state index in [9.17, 15) is 4.79 Å². The zero-order chi connectivity index (χ0) is 12.2. The zero-order valence-corrected chi connectivity index (χ0v) is 9.56. The van der Waals surface area contributed by atoms with Crippen molar-refractivity contribution in [1.29, 1.82) is 0 Å². The first-order chi connectivity index (χ1) is 7.44. The molecule has 1 atom stereocenters. The molecule has 1 aromatic rings. The summed E-state index contributed by atoms with van der Waals surface area (Å²) in [5.74, 6) is -0.454. The zero-order valence-electron chi connectivity index (χ0n) is 9.56. The Morgan fingerprint density at radius 1 is 1.69 bits per heavy atom. The summed E-state index contributed by atoms with van der Waals surface area (Å²) in [6, 6.07) is -0.703. The van der Waals surface area contributed by atoms with Gasteiger partial charge in [0.15, 0.2) is 0 Å². The van der Waals surface area contributed by atoms with Gasteiger partial charge in [-0.2, -0.15) is 0 Å². The van der Waals surface area contributed by atoms with Gasteiger partial charge in [0.2, 0.25) is 0 Å². The number of carbonyl (C=O) groups excluding carboxylic acids is 1. The molecule has 90 valence electrons. The number of hydrogen-bond acceptors (Lipinski definition) is 5. The van der Waals surface area contributed by atoms with Crippen molar-refractivity contribution in [2.45, 2.75) is 31.9 Å². The van der Waals surface area contributed by atoms with Gasteiger partial charge >= 0.3 is 5.97 Å². The van der Waals surface area contributed by atoms with E-state index in [1.165, 1.54) is 6.33 Å². The molecule has 1 aromatic heterocycles. The molecule has 0 unspecified atom stereocenters. The van der Waals surface area contributed by atoms with Crippen molar-refractivity contribution < 1.29 is 9.53 Å². The van der Waals surface area contributed by atoms with Crippen molar-refractivity contribution in [2.24, 2.45) is 11.5 Å². The molecule has 5 N–H and O–H groups in total. The van der Waals surface area contributed by atoms with Gasteiger partial charge in [-0.1, -0.05) is 0 Å². The SMILES string of the molecule is CC(C)(CN)OC(=O)[C@@H](N)Cc1cnc[nH]1. The van der Waals surface area contributed by atoms with Crippen LogP contribution in [0, 0.1) is 0 Å². The first kappa shape index (κ1) is 12.7. The van der Waals surface area contributed by atoms with Crippen molar-refractivity contribution in [3.63, 3.8) is 0 Å². The number of aromatic nitrogens is 2. The standard InChI is InChI=1S/C10H18N4O2/c1-10(2,5-11)16-9(15)8(12)3-7-4-13-6-14-7/h4,6,8H,3,5,11-12H2,1-2H3,(H,13,14)/t8-/m0/s1. The second-order valence-corrected chi connectivity index (χ2v) is 4.27. The summed E-state index contributed by atoms with van der Waals surface area (Å²) in [6.45, 7) is 3.75. The predicted molar refractivity (Wildman–Crippen MR) is 59.5 cm³/mol. The highest BCUT2D eigenvalue weighted by Crippen LogP contribution is 2.09. The summed E-state index contributed by atoms with van der Waals surface area (Å²) in [7, 11) is 0. The molecule has 0 radical (unpaired) electrons. The molecule has 6 heteroatoms. The summed E-state index contributed by atoms with van der Waals surface area (Å²) in [4.78, 5) is 18.3. The number of hydrogen-bond donors (Lipinski definition) is 3. The Kier molecular flexibility index (Phi) is 4.03. The topological polar surface area (TPSA) is 107 Å². The maximum atomic E-state index is 11.6. The molecule has 0 saturated heterocycles. The van der Waals surface area contributed by atoms with Crippen LogP contribution in [0.25, 0.3) is 0 Å². The van der Waals surface area contributed by atoms with Crippen LogP contribution >= 0.6 is 0 Å². The highest BCUT2D eigenvalue weighted by atomic mass is 16.6. The van der Waals surface area contributed by atoms with Gasteiger partial charge in [-0.15, -0.1) is 0 Å². The molecule has 1 rings (SSSR count). The Labute approximate surface area is 94.4 Å². The van der Waals surface area contributed by atoms with Crippen LogP contribution in [-0.2, 0) is 16.0 Å². The second-order valence-electron chi connectivity index (χ2n) is 4.27. The summed E-state index contributed by atoms with van der Waals surface area (Å²) in [6.07, 6.45) is 3.54. The third-order valence-corrected chi connectivity index (χ3v) is 2.17. The first-order valence-electron chi connectivity index (χ1n) is 5.10. The van der Waals surface area contributed by atoms with Gasteiger partial charge in [0, 0.05) is 24.9 Å². The van der Waals surface area contributed by atoms with Crippen LogP contribution in [0.3, 0.4) is 0 Å². The number of imidazole rings is 1. The Hall–Kier alpha value is -1.40. The average Bonchev–Trinajstić information content (AvgIpc) is 2.69. The number of aromatic amines is 1. The number of nitrogens with two attached hydrogens (primary N) is 2. The van der Waals surface area contributed by atoms with Crippen LogP contribution in [0.15, 0.2) is 12.5 Å². The summed E-state index contributed by atoms with van der Waals surface area (Å²) in [5, 5.41) is 0. The normalized spacial score (nSPS) is 13.5. The van der Waals surface area contributed by atoms with Gasteiger partial charge < -0.3 is 21.2 Å². The fourth-order valence-electron chi connectivity index (χ4n) is 1.11. The van der Waals surface area contributed by atoms with E-state index in [-0.39, 0.29) is 6.54 Å². The second kappa shape index (κ2) is 5.09. The van der Waals surface area contributed by atoms with E-state index in [1.54, 1.807) is 20.0 Å². The fraction of sp³-hybridized carbons (Fsp3) is 0.600. The molecule has 0 spiro atoms. The molecule has 0 fully saturated rings. The first-order valence-corrected chi connectivity index (χ1v) is 5.10. The van der Waals surface area contributed by atoms with E-state index in [0.717, 1.165) is 5.69 Å². The van der Waals surface area contributed by atoms with E-state index >= 15 is 0 Å². The van der Waals surface area contributed by atoms with Crippen LogP contribution < -0.4 is 11.5 Å². The van der Waals surface area contributed by atoms with E-state index in [0.29, 0.717) is 6.42 Å². The van der Waals surface area contributed by atoms with Crippen molar-refractivity contribution in [3.05, 3.63) is 18.2 Å². The van der Waals surface area contributed by atoms with E-state index < -0.39 is 17.6 Å². The smallest absolute Gasteiger partial charge is 0.323 e. The molecule has 0 aliphatic rings. The molecule has 0 aliphatic heterocycles. The highest BCUT2D eigenvalue weighted by Gasteiger charge is 2.25. The number of rotatable bonds is 5. The largest absolute Gasteiger partial charge is 0.457 e. The molecule has 0 amide bonds. The lowest BCUT2D eigenvalue weighted by molar-refractivity contribution is -0.157. The van der Waals surface area contributed by atoms with Gasteiger partial charge in [-0.25, -0.2) is 4.98 Å². The minimum Gasteiger partial charge on any atom is -0.457 e. The number of nitrogens with zero attached hydrogens (tertiary/aromatic N) is 1. The fourth-order valence-corrected chi connectivity index (χ4v) is 1.11. The molecule has 0 saturated carbocycles. The van der Waals surface area contributed by atoms with Gasteiger partial charge in [0.25, 0.3) is 0 Å². The highest BCUT2D eigenvalue weighted by molar-refractivity contribution is 5.76. The Morgan fingerprint density at radius 3 is 2.88 bits per heavy atom. The van der Waals surface area contributed by atoms with Gasteiger partial charge in [0.1, 0.15) is 11.6 Å². The van der Waals surface area contributed by atoms with Crippen LogP contribution in [0.2, 0.25) is 0 Å². The lowest BCUT2D eigenvalue weighted by Gasteiger charge is -2.24. The number of esters is 1. The number of nitrogens with one attached hydrogen (secondary N) is 1. The summed E-state index contributed by atoms with van der Waals surface area (Å²) in [5.41, 5.74) is 11.3. The number of H-pyrrole nitrogens is 1. The molecular formula is C10H18N4O2. The minimum absolute atomic E-state index is 0.259. The van der Waals surface area contributed by atoms with Gasteiger partial charge in [-0.05, 0) is 13.8 Å². The van der Waals surface area contributed by atoms with Crippen LogP contribution in [0.4, 0.5) is 0 Å². The third-order valence-electron chi connectivity index (χ3n) is 2.17. The monoisotopic (exact) mass is 226 g/mol. The van der Waals surface area contributed by atoms with Crippen molar-refractivity contribution in [3.8, 4) is 0 Å². The molecule has 0 aromatic carbocycles. The van der Waals surface area contributed by atoms with Crippen molar-refractivity contribution in [1.82, 2.24) is 9.97 Å². The Balaban J connectivity index is 2.48. The summed E-state index contributed by atoms with van der Waals surface area (Å²) >= 11 is 0. The van der Waals surface area contributed by atoms with E-state index in [4.69, 9.17) is 16.2 Å². The average molecular weight is 226 g/mol. The minimum atomic E-state index is -0.703. The number of carbonyl (C=O) groups is 1. The van der Waals surface area contributed by atoms with E-state index in [2.05, 4.69) is 9.97 Å². The van der Waals surface area contributed by atoms with E-state index in [1.807, 2.05) is 0 Å². The van der Waals surface area contributed by atoms with Crippen LogP contribution in [0.1, 0.15) is 19.5 Å². The van der Waals surface area contributed by atoms with Gasteiger partial charge in [0.05, 0.1) is 6.33 Å². The Morgan fingerprint density at radius 2 is 2.38 bits per heavy atom. The molecular weight excluding hydrogens is 208 g/mol. The molecule has 16 heavy (non-hydrogen) atoms. The quantitative estimate of drug-likeness (QED) is 0.590. The number of ether oxygens (including phenoxy) is 1. The van der Waals surface area contributed by atoms with Crippen molar-refractivity contribution in [2.75, 3.05) is 6.54 Å². The predicted octanol–water partition coefficient (Wildman–Crippen LogP) is -0.440. The molecule has 0 bridgehead atoms.